The summed E-state index contributed by atoms with van der Waals surface area (Å²) in [5.41, 5.74) is 7.37. The number of nitrogens with two attached hydrogens (primary N) is 1. The molecule has 0 radical (unpaired) electrons. The minimum atomic E-state index is -4.53. The molecule has 4 aliphatic rings. The number of anilines is 3. The third-order valence-electron chi connectivity index (χ3n) is 14.2. The monoisotopic (exact) mass is 944 g/mol. The van der Waals surface area contributed by atoms with Crippen LogP contribution in [-0.2, 0) is 20.5 Å². The van der Waals surface area contributed by atoms with E-state index in [4.69, 9.17) is 15.2 Å². The molecule has 364 valence electrons. The molecule has 5 amide bonds. The van der Waals surface area contributed by atoms with Crippen LogP contribution in [0.5, 0.6) is 5.75 Å². The lowest BCUT2D eigenvalue weighted by Crippen LogP contribution is -2.50. The van der Waals surface area contributed by atoms with Crippen molar-refractivity contribution in [1.82, 2.24) is 25.1 Å². The molecule has 4 N–H and O–H groups in total. The average molecular weight is 945 g/mol. The first-order valence-electron chi connectivity index (χ1n) is 23.7. The van der Waals surface area contributed by atoms with Crippen LogP contribution in [0.15, 0.2) is 48.5 Å². The molecule has 68 heavy (non-hydrogen) atoms. The highest BCUT2D eigenvalue weighted by Gasteiger charge is 2.35. The Hall–Kier alpha value is -6.04. The van der Waals surface area contributed by atoms with Crippen LogP contribution in [0.3, 0.4) is 0 Å². The van der Waals surface area contributed by atoms with Gasteiger partial charge in [-0.05, 0) is 143 Å². The fourth-order valence-corrected chi connectivity index (χ4v) is 10.3. The number of methoxy groups -OCH3 is 1. The number of urea groups is 1. The Morgan fingerprint density at radius 2 is 1.60 bits per heavy atom. The minimum absolute atomic E-state index is 0.0243. The number of ether oxygens (including phenoxy) is 2. The molecule has 0 unspecified atom stereocenters. The minimum Gasteiger partial charge on any atom is -0.496 e. The number of nitrogens with one attached hydrogen (secondary N) is 2. The lowest BCUT2D eigenvalue weighted by molar-refractivity contribution is -0.138. The van der Waals surface area contributed by atoms with Gasteiger partial charge in [-0.25, -0.2) is 19.2 Å². The van der Waals surface area contributed by atoms with Crippen molar-refractivity contribution in [1.29, 1.82) is 0 Å². The first-order valence-corrected chi connectivity index (χ1v) is 23.7. The number of likely N-dealkylation sites (tertiary alicyclic amines) is 2. The molecule has 18 heteroatoms. The van der Waals surface area contributed by atoms with Gasteiger partial charge in [-0.2, -0.15) is 13.2 Å². The van der Waals surface area contributed by atoms with Gasteiger partial charge in [-0.3, -0.25) is 24.6 Å². The van der Waals surface area contributed by atoms with Gasteiger partial charge in [0.2, 0.25) is 11.8 Å². The molecular weight excluding hydrogens is 885 g/mol. The molecule has 3 aromatic carbocycles. The van der Waals surface area contributed by atoms with Crippen LogP contribution < -0.4 is 26.0 Å². The molecule has 0 spiro atoms. The Morgan fingerprint density at radius 3 is 2.29 bits per heavy atom. The average Bonchev–Trinajstić information content (AvgIpc) is 3.32. The van der Waals surface area contributed by atoms with Crippen LogP contribution in [-0.4, -0.2) is 96.6 Å². The molecule has 1 aliphatic carbocycles. The van der Waals surface area contributed by atoms with E-state index in [2.05, 4.69) is 20.6 Å². The quantitative estimate of drug-likeness (QED) is 0.0669. The fourth-order valence-electron chi connectivity index (χ4n) is 10.3. The second-order valence-electron chi connectivity index (χ2n) is 18.8. The van der Waals surface area contributed by atoms with Gasteiger partial charge in [0.05, 0.1) is 29.9 Å². The van der Waals surface area contributed by atoms with Gasteiger partial charge < -0.3 is 30.3 Å². The number of fused-ring (bicyclic) bond motifs is 1. The molecule has 4 heterocycles. The van der Waals surface area contributed by atoms with Crippen LogP contribution in [0.4, 0.5) is 39.5 Å². The maximum absolute atomic E-state index is 14.7. The molecule has 3 aliphatic heterocycles. The lowest BCUT2D eigenvalue weighted by Gasteiger charge is -2.36. The van der Waals surface area contributed by atoms with Crippen LogP contribution in [0.2, 0.25) is 0 Å². The maximum atomic E-state index is 14.7. The number of aromatic nitrogens is 2. The van der Waals surface area contributed by atoms with Crippen molar-refractivity contribution in [3.05, 3.63) is 82.4 Å². The number of nitrogen functional groups attached to an aromatic ring is 1. The van der Waals surface area contributed by atoms with Crippen LogP contribution >= 0.6 is 0 Å². The SMILES string of the molecule is COc1cc2nc(C)nc(N[C@H](C)c3cc(N)cc(C(F)(F)F)c3)c2cc1C1CCC(C(=O)N2CCC(CCOCC3CCN(C(=O)c4ccc(F)c(N5CCC(=O)NC5=O)c4)CC3)CC2)CC1. The number of alkyl halides is 3. The molecule has 1 atom stereocenters. The van der Waals surface area contributed by atoms with Crippen molar-refractivity contribution in [2.24, 2.45) is 17.8 Å². The number of halogens is 4. The summed E-state index contributed by atoms with van der Waals surface area (Å²) < 4.78 is 67.5. The summed E-state index contributed by atoms with van der Waals surface area (Å²) in [6, 6.07) is 10.2. The Kier molecular flexibility index (Phi) is 14.7. The van der Waals surface area contributed by atoms with Gasteiger partial charge in [0.25, 0.3) is 5.91 Å². The number of amides is 5. The maximum Gasteiger partial charge on any atom is 0.416 e. The molecule has 1 aromatic heterocycles. The number of hydrogen-bond acceptors (Lipinski definition) is 10. The Labute approximate surface area is 393 Å². The highest BCUT2D eigenvalue weighted by atomic mass is 19.4. The van der Waals surface area contributed by atoms with E-state index in [1.54, 1.807) is 25.9 Å². The molecule has 1 saturated carbocycles. The molecule has 0 bridgehead atoms. The number of aryl methyl sites for hydroxylation is 1. The second-order valence-corrected chi connectivity index (χ2v) is 18.8. The number of hydrogen-bond donors (Lipinski definition) is 3. The Balaban J connectivity index is 0.770. The van der Waals surface area contributed by atoms with Crippen molar-refractivity contribution in [2.45, 2.75) is 96.2 Å². The topological polar surface area (TPSA) is 172 Å². The smallest absolute Gasteiger partial charge is 0.416 e. The zero-order valence-corrected chi connectivity index (χ0v) is 38.8. The summed E-state index contributed by atoms with van der Waals surface area (Å²) in [5, 5.41) is 6.24. The van der Waals surface area contributed by atoms with Crippen molar-refractivity contribution in [3.63, 3.8) is 0 Å². The molecule has 14 nitrogen and oxygen atoms in total. The lowest BCUT2D eigenvalue weighted by atomic mass is 9.77. The standard InChI is InChI=1S/C50H60F4N8O6/c1-29(36-22-37(50(52,53)54)25-38(55)23-36)56-46-40-26-39(44(67-3)27-42(40)57-30(2)58-46)33-4-6-34(7-5-33)47(64)60-16-10-31(11-17-60)15-21-68-28-32-12-18-61(19-13-32)48(65)35-8-9-41(51)43(24-35)62-20-14-45(63)59-49(62)66/h8-9,22-27,29,31-34H,4-7,10-21,28,55H2,1-3H3,(H,56,57,58)(H,59,63,66)/t29-,33?,34?/m1/s1. The van der Waals surface area contributed by atoms with Gasteiger partial charge in [0.15, 0.2) is 0 Å². The summed E-state index contributed by atoms with van der Waals surface area (Å²) in [4.78, 5) is 65.3. The number of nitrogens with zero attached hydrogens (tertiary/aromatic N) is 5. The third kappa shape index (κ3) is 11.1. The van der Waals surface area contributed by atoms with E-state index in [1.165, 1.54) is 24.3 Å². The molecule has 8 rings (SSSR count). The van der Waals surface area contributed by atoms with E-state index in [9.17, 15) is 36.7 Å². The molecule has 4 fully saturated rings. The van der Waals surface area contributed by atoms with Crippen LogP contribution in [0.25, 0.3) is 10.9 Å². The summed E-state index contributed by atoms with van der Waals surface area (Å²) >= 11 is 0. The number of imide groups is 1. The largest absolute Gasteiger partial charge is 0.496 e. The highest BCUT2D eigenvalue weighted by Crippen LogP contribution is 2.43. The zero-order valence-electron chi connectivity index (χ0n) is 38.8. The van der Waals surface area contributed by atoms with E-state index in [0.717, 1.165) is 98.9 Å². The summed E-state index contributed by atoms with van der Waals surface area (Å²) in [6.45, 7) is 7.38. The van der Waals surface area contributed by atoms with E-state index in [-0.39, 0.29) is 53.6 Å². The number of rotatable bonds is 13. The van der Waals surface area contributed by atoms with E-state index < -0.39 is 35.5 Å². The van der Waals surface area contributed by atoms with E-state index in [1.807, 2.05) is 17.0 Å². The van der Waals surface area contributed by atoms with Crippen molar-refractivity contribution in [2.75, 3.05) is 69.0 Å². The second kappa shape index (κ2) is 20.7. The van der Waals surface area contributed by atoms with E-state index >= 15 is 0 Å². The van der Waals surface area contributed by atoms with Crippen molar-refractivity contribution < 1.29 is 46.2 Å². The van der Waals surface area contributed by atoms with Crippen molar-refractivity contribution in [3.8, 4) is 5.75 Å². The first kappa shape index (κ1) is 48.4. The molecule has 4 aromatic rings. The van der Waals surface area contributed by atoms with Gasteiger partial charge >= 0.3 is 12.2 Å². The molecule has 3 saturated heterocycles. The normalized spacial score (nSPS) is 20.4. The Morgan fingerprint density at radius 1 is 0.897 bits per heavy atom. The van der Waals surface area contributed by atoms with E-state index in [0.29, 0.717) is 66.6 Å². The number of benzene rings is 3. The van der Waals surface area contributed by atoms with Gasteiger partial charge in [0, 0.05) is 81.0 Å². The predicted octanol–water partition coefficient (Wildman–Crippen LogP) is 8.78. The van der Waals surface area contributed by atoms with Gasteiger partial charge in [0.1, 0.15) is 23.2 Å². The van der Waals surface area contributed by atoms with Crippen LogP contribution in [0, 0.1) is 30.5 Å². The zero-order chi connectivity index (χ0) is 48.3. The fraction of sp³-hybridized carbons (Fsp3) is 0.520. The highest BCUT2D eigenvalue weighted by molar-refractivity contribution is 6.06. The third-order valence-corrected chi connectivity index (χ3v) is 14.2. The Bertz CT molecular complexity index is 2520. The summed E-state index contributed by atoms with van der Waals surface area (Å²) in [6.07, 6.45) is 2.99. The predicted molar refractivity (Wildman–Crippen MR) is 249 cm³/mol. The summed E-state index contributed by atoms with van der Waals surface area (Å²) in [7, 11) is 1.63. The molecular formula is C50H60F4N8O6. The number of carbonyl (C=O) groups excluding carboxylic acids is 4. The van der Waals surface area contributed by atoms with Crippen molar-refractivity contribution >= 4 is 51.8 Å². The van der Waals surface area contributed by atoms with Crippen LogP contribution in [0.1, 0.15) is 116 Å². The summed E-state index contributed by atoms with van der Waals surface area (Å²) in [5.74, 6) is 1.51. The number of carbonyl (C=O) groups is 4. The number of piperidine rings is 2. The van der Waals surface area contributed by atoms with Gasteiger partial charge in [-0.1, -0.05) is 0 Å². The first-order chi connectivity index (χ1) is 32.5. The van der Waals surface area contributed by atoms with Gasteiger partial charge in [-0.15, -0.1) is 0 Å².